The van der Waals surface area contributed by atoms with Crippen molar-refractivity contribution in [3.63, 3.8) is 0 Å². The van der Waals surface area contributed by atoms with E-state index < -0.39 is 86.1 Å². The van der Waals surface area contributed by atoms with E-state index in [-0.39, 0.29) is 0 Å². The van der Waals surface area contributed by atoms with Crippen molar-refractivity contribution in [3.8, 4) is 0 Å². The Morgan fingerprint density at radius 1 is 0.778 bits per heavy atom. The molecule has 7 nitrogen and oxygen atoms in total. The third-order valence-corrected chi connectivity index (χ3v) is 4.37. The van der Waals surface area contributed by atoms with Gasteiger partial charge < -0.3 is 25.6 Å². The molecule has 4 N–H and O–H groups in total. The topological polar surface area (TPSA) is 108 Å². The average Bonchev–Trinajstić information content (AvgIpc) is 2.75. The van der Waals surface area contributed by atoms with Gasteiger partial charge in [0.25, 0.3) is 0 Å². The molecule has 0 aromatic carbocycles. The second-order valence-corrected chi connectivity index (χ2v) is 7.04. The quantitative estimate of drug-likeness (QED) is 0.204. The van der Waals surface area contributed by atoms with Gasteiger partial charge in [-0.3, -0.25) is 4.79 Å². The predicted octanol–water partition coefficient (Wildman–Crippen LogP) is 2.87. The SMILES string of the molecule is C=CC(=O)NC(CO)(CO)COC(=O)NCCC(F)(F)C(F)(F)C(F)(F)C(F)(F)C(F)(F)C(F)(F)F. The molecule has 0 aromatic heterocycles. The molecule has 2 amide bonds. The molecule has 0 radical (unpaired) electrons. The zero-order chi connectivity index (χ0) is 29.0. The zero-order valence-electron chi connectivity index (χ0n) is 17.4. The molecule has 212 valence electrons. The van der Waals surface area contributed by atoms with Crippen molar-refractivity contribution in [2.45, 2.75) is 47.7 Å². The van der Waals surface area contributed by atoms with Gasteiger partial charge in [0, 0.05) is 13.0 Å². The fourth-order valence-electron chi connectivity index (χ4n) is 2.10. The smallest absolute Gasteiger partial charge is 0.447 e. The number of ether oxygens (including phenoxy) is 1. The summed E-state index contributed by atoms with van der Waals surface area (Å²) in [6, 6.07) is 0. The first-order chi connectivity index (χ1) is 15.9. The van der Waals surface area contributed by atoms with Crippen LogP contribution in [0.25, 0.3) is 0 Å². The number of carbonyl (C=O) groups excluding carboxylic acids is 2. The first-order valence-electron chi connectivity index (χ1n) is 8.95. The van der Waals surface area contributed by atoms with Gasteiger partial charge >= 0.3 is 41.9 Å². The van der Waals surface area contributed by atoms with Gasteiger partial charge in [0.15, 0.2) is 0 Å². The van der Waals surface area contributed by atoms with E-state index in [1.54, 1.807) is 0 Å². The van der Waals surface area contributed by atoms with Crippen molar-refractivity contribution in [2.24, 2.45) is 0 Å². The Morgan fingerprint density at radius 2 is 1.22 bits per heavy atom. The number of aliphatic hydroxyl groups is 2. The Bertz CT molecular complexity index is 798. The molecule has 0 fully saturated rings. The minimum absolute atomic E-state index is 0.645. The van der Waals surface area contributed by atoms with Crippen LogP contribution in [-0.2, 0) is 9.53 Å². The average molecular weight is 564 g/mol. The number of rotatable bonds is 13. The van der Waals surface area contributed by atoms with Crippen LogP contribution >= 0.6 is 0 Å². The lowest BCUT2D eigenvalue weighted by Gasteiger charge is -2.39. The van der Waals surface area contributed by atoms with Crippen LogP contribution in [0.15, 0.2) is 12.7 Å². The maximum Gasteiger partial charge on any atom is 0.460 e. The van der Waals surface area contributed by atoms with Crippen molar-refractivity contribution < 1.29 is 81.6 Å². The molecule has 0 aromatic rings. The van der Waals surface area contributed by atoms with Gasteiger partial charge in [0.1, 0.15) is 12.1 Å². The fourth-order valence-corrected chi connectivity index (χ4v) is 2.10. The molecular formula is C16H17F13N2O5. The second-order valence-electron chi connectivity index (χ2n) is 7.04. The van der Waals surface area contributed by atoms with Gasteiger partial charge in [-0.25, -0.2) is 4.79 Å². The van der Waals surface area contributed by atoms with Gasteiger partial charge in [-0.2, -0.15) is 57.1 Å². The minimum atomic E-state index is -8.04. The molecule has 0 saturated heterocycles. The number of hydrogen-bond acceptors (Lipinski definition) is 5. The summed E-state index contributed by atoms with van der Waals surface area (Å²) in [7, 11) is 0. The van der Waals surface area contributed by atoms with Gasteiger partial charge in [-0.15, -0.1) is 0 Å². The molecular weight excluding hydrogens is 547 g/mol. The molecule has 20 heteroatoms. The summed E-state index contributed by atoms with van der Waals surface area (Å²) in [6.45, 7) is -2.12. The van der Waals surface area contributed by atoms with E-state index >= 15 is 0 Å². The summed E-state index contributed by atoms with van der Waals surface area (Å²) in [5.74, 6) is -38.7. The van der Waals surface area contributed by atoms with Crippen LogP contribution in [0, 0.1) is 0 Å². The van der Waals surface area contributed by atoms with E-state index in [2.05, 4.69) is 11.3 Å². The Balaban J connectivity index is 5.45. The molecule has 0 atom stereocenters. The van der Waals surface area contributed by atoms with Gasteiger partial charge in [-0.05, 0) is 6.08 Å². The highest BCUT2D eigenvalue weighted by atomic mass is 19.4. The fraction of sp³-hybridized carbons (Fsp3) is 0.750. The second kappa shape index (κ2) is 10.9. The van der Waals surface area contributed by atoms with Crippen LogP contribution in [0.4, 0.5) is 61.9 Å². The first-order valence-corrected chi connectivity index (χ1v) is 8.95. The zero-order valence-corrected chi connectivity index (χ0v) is 17.4. The summed E-state index contributed by atoms with van der Waals surface area (Å²) < 4.78 is 173. The van der Waals surface area contributed by atoms with Crippen LogP contribution < -0.4 is 10.6 Å². The molecule has 0 aliphatic heterocycles. The Kier molecular flexibility index (Phi) is 10.1. The highest BCUT2D eigenvalue weighted by molar-refractivity contribution is 5.87. The van der Waals surface area contributed by atoms with Crippen LogP contribution in [0.5, 0.6) is 0 Å². The molecule has 0 aliphatic rings. The number of hydrogen-bond donors (Lipinski definition) is 4. The van der Waals surface area contributed by atoms with E-state index in [0.717, 1.165) is 0 Å². The summed E-state index contributed by atoms with van der Waals surface area (Å²) in [6.07, 6.45) is -11.4. The molecule has 0 rings (SSSR count). The van der Waals surface area contributed by atoms with Gasteiger partial charge in [0.05, 0.1) is 13.2 Å². The standard InChI is InChI=1S/C16H17F13N2O5/c1-2-8(34)31-10(5-32,6-33)7-36-9(35)30-4-3-11(17,18)12(19,20)13(21,22)14(23,24)15(25,26)16(27,28)29/h2,32-33H,1,3-7H2,(H,30,35)(H,31,34). The van der Waals surface area contributed by atoms with Crippen LogP contribution in [-0.4, -0.2) is 89.9 Å². The highest BCUT2D eigenvalue weighted by Crippen LogP contribution is 2.60. The van der Waals surface area contributed by atoms with Crippen molar-refractivity contribution in [2.75, 3.05) is 26.4 Å². The predicted molar refractivity (Wildman–Crippen MR) is 90.0 cm³/mol. The highest BCUT2D eigenvalue weighted by Gasteiger charge is 2.90. The molecule has 0 aliphatic carbocycles. The van der Waals surface area contributed by atoms with E-state index in [9.17, 15) is 76.9 Å². The number of halogens is 13. The lowest BCUT2D eigenvalue weighted by atomic mass is 9.92. The van der Waals surface area contributed by atoms with Gasteiger partial charge in [-0.1, -0.05) is 6.58 Å². The molecule has 0 heterocycles. The summed E-state index contributed by atoms with van der Waals surface area (Å²) in [5, 5.41) is 21.5. The summed E-state index contributed by atoms with van der Waals surface area (Å²) in [4.78, 5) is 22.7. The van der Waals surface area contributed by atoms with Crippen molar-refractivity contribution >= 4 is 12.0 Å². The normalized spacial score (nSPS) is 14.3. The molecule has 0 saturated carbocycles. The lowest BCUT2D eigenvalue weighted by molar-refractivity contribution is -0.440. The van der Waals surface area contributed by atoms with E-state index in [0.29, 0.717) is 6.08 Å². The van der Waals surface area contributed by atoms with E-state index in [4.69, 9.17) is 0 Å². The van der Waals surface area contributed by atoms with Crippen LogP contribution in [0.1, 0.15) is 6.42 Å². The van der Waals surface area contributed by atoms with Crippen molar-refractivity contribution in [1.29, 1.82) is 0 Å². The lowest BCUT2D eigenvalue weighted by Crippen LogP contribution is -2.70. The molecule has 36 heavy (non-hydrogen) atoms. The van der Waals surface area contributed by atoms with E-state index in [1.165, 1.54) is 5.32 Å². The van der Waals surface area contributed by atoms with Crippen LogP contribution in [0.2, 0.25) is 0 Å². The number of amides is 2. The molecule has 0 spiro atoms. The Morgan fingerprint density at radius 3 is 1.61 bits per heavy atom. The Labute approximate surface area is 192 Å². The summed E-state index contributed by atoms with van der Waals surface area (Å²) >= 11 is 0. The first kappa shape index (κ1) is 33.5. The number of alkyl carbamates (subject to hydrolysis) is 1. The third kappa shape index (κ3) is 6.24. The number of aliphatic hydroxyl groups excluding tert-OH is 2. The van der Waals surface area contributed by atoms with Crippen molar-refractivity contribution in [1.82, 2.24) is 10.6 Å². The monoisotopic (exact) mass is 564 g/mol. The maximum atomic E-state index is 13.6. The van der Waals surface area contributed by atoms with Crippen LogP contribution in [0.3, 0.4) is 0 Å². The maximum absolute atomic E-state index is 13.6. The summed E-state index contributed by atoms with van der Waals surface area (Å²) in [5.41, 5.74) is -2.09. The molecule has 0 bridgehead atoms. The third-order valence-electron chi connectivity index (χ3n) is 4.37. The minimum Gasteiger partial charge on any atom is -0.447 e. The number of nitrogens with one attached hydrogen (secondary N) is 2. The van der Waals surface area contributed by atoms with Gasteiger partial charge in [0.2, 0.25) is 5.91 Å². The van der Waals surface area contributed by atoms with E-state index in [1.807, 2.05) is 5.32 Å². The largest absolute Gasteiger partial charge is 0.460 e. The number of alkyl halides is 13. The molecule has 0 unspecified atom stereocenters. The van der Waals surface area contributed by atoms with Crippen molar-refractivity contribution in [3.05, 3.63) is 12.7 Å². The Hall–Kier alpha value is -2.51. The number of carbonyl (C=O) groups is 2.